The first kappa shape index (κ1) is 33.0. The lowest BCUT2D eigenvalue weighted by Crippen LogP contribution is -2.43. The number of methoxy groups -OCH3 is 1. The molecule has 1 amide bonds. The van der Waals surface area contributed by atoms with Crippen molar-refractivity contribution in [2.24, 2.45) is 0 Å². The molecule has 0 bridgehead atoms. The summed E-state index contributed by atoms with van der Waals surface area (Å²) in [5, 5.41) is 4.25. The number of ether oxygens (including phenoxy) is 3. The van der Waals surface area contributed by atoms with Crippen molar-refractivity contribution in [3.8, 4) is 23.0 Å². The lowest BCUT2D eigenvalue weighted by molar-refractivity contribution is -0.143. The van der Waals surface area contributed by atoms with Crippen LogP contribution in [-0.2, 0) is 27.5 Å². The lowest BCUT2D eigenvalue weighted by Gasteiger charge is -2.19. The molecule has 0 radical (unpaired) electrons. The van der Waals surface area contributed by atoms with Crippen LogP contribution in [0, 0.1) is 0 Å². The first-order valence-corrected chi connectivity index (χ1v) is 14.8. The predicted octanol–water partition coefficient (Wildman–Crippen LogP) is 8.65. The highest BCUT2D eigenvalue weighted by atomic mass is 19.4. The van der Waals surface area contributed by atoms with Gasteiger partial charge in [0.15, 0.2) is 0 Å². The number of carbonyl (C=O) groups is 2. The van der Waals surface area contributed by atoms with Gasteiger partial charge in [-0.05, 0) is 94.7 Å². The number of pyridine rings is 1. The summed E-state index contributed by atoms with van der Waals surface area (Å²) in [5.41, 5.74) is 1.24. The summed E-state index contributed by atoms with van der Waals surface area (Å²) in [6.45, 7) is 6.43. The number of benzene rings is 4. The average molecular weight is 643 g/mol. The second kappa shape index (κ2) is 13.5. The molecule has 10 heteroatoms. The van der Waals surface area contributed by atoms with Gasteiger partial charge in [0.05, 0.1) is 12.7 Å². The Morgan fingerprint density at radius 1 is 0.723 bits per heavy atom. The minimum absolute atomic E-state index is 0.0266. The SMILES string of the molecule is COC(=O)[C@H](Cc1ccc(Oc2ccc(C(F)(F)F)cc2)cc1)NC(=O)c1cc2cc(Oc3ccc(C(C)(C)C)cc3)ccc2cn1. The molecule has 1 atom stereocenters. The molecule has 0 saturated heterocycles. The molecule has 1 aromatic heterocycles. The maximum atomic E-state index is 13.2. The van der Waals surface area contributed by atoms with Gasteiger partial charge in [0, 0.05) is 18.0 Å². The van der Waals surface area contributed by atoms with Gasteiger partial charge in [0.2, 0.25) is 0 Å². The molecular formula is C37H33F3N2O5. The molecule has 7 nitrogen and oxygen atoms in total. The Balaban J connectivity index is 1.25. The Hall–Kier alpha value is -5.38. The van der Waals surface area contributed by atoms with Crippen LogP contribution < -0.4 is 14.8 Å². The average Bonchev–Trinajstić information content (AvgIpc) is 3.04. The van der Waals surface area contributed by atoms with Gasteiger partial charge < -0.3 is 19.5 Å². The summed E-state index contributed by atoms with van der Waals surface area (Å²) in [6.07, 6.45) is -2.75. The van der Waals surface area contributed by atoms with E-state index in [0.717, 1.165) is 22.9 Å². The van der Waals surface area contributed by atoms with E-state index in [9.17, 15) is 22.8 Å². The fourth-order valence-corrected chi connectivity index (χ4v) is 4.81. The molecule has 0 unspecified atom stereocenters. The molecular weight excluding hydrogens is 609 g/mol. The largest absolute Gasteiger partial charge is 0.467 e. The van der Waals surface area contributed by atoms with Gasteiger partial charge in [-0.3, -0.25) is 9.78 Å². The van der Waals surface area contributed by atoms with Gasteiger partial charge in [0.25, 0.3) is 5.91 Å². The Morgan fingerprint density at radius 2 is 1.26 bits per heavy atom. The fraction of sp³-hybridized carbons (Fsp3) is 0.216. The number of rotatable bonds is 9. The molecule has 5 aromatic rings. The van der Waals surface area contributed by atoms with Crippen molar-refractivity contribution in [1.29, 1.82) is 0 Å². The Bertz CT molecular complexity index is 1870. The van der Waals surface area contributed by atoms with Crippen LogP contribution in [0.3, 0.4) is 0 Å². The van der Waals surface area contributed by atoms with Gasteiger partial charge in [-0.2, -0.15) is 13.2 Å². The number of hydrogen-bond donors (Lipinski definition) is 1. The number of fused-ring (bicyclic) bond motifs is 1. The fourth-order valence-electron chi connectivity index (χ4n) is 4.81. The number of esters is 1. The molecule has 242 valence electrons. The first-order chi connectivity index (χ1) is 22.3. The van der Waals surface area contributed by atoms with E-state index < -0.39 is 29.7 Å². The standard InChI is InChI=1S/C37H33F3N2O5/c1-36(2,3)26-8-15-30(16-9-26)47-31-14-7-24-22-41-32(21-25(24)20-31)34(43)42-33(35(44)45-4)19-23-5-12-28(13-6-23)46-29-17-10-27(11-18-29)37(38,39)40/h5-18,20-22,33H,19H2,1-4H3,(H,42,43)/t33-/m0/s1. The van der Waals surface area contributed by atoms with Gasteiger partial charge in [-0.1, -0.05) is 45.0 Å². The molecule has 0 aliphatic heterocycles. The molecule has 47 heavy (non-hydrogen) atoms. The normalized spacial score (nSPS) is 12.3. The van der Waals surface area contributed by atoms with E-state index in [1.165, 1.54) is 24.8 Å². The maximum absolute atomic E-state index is 13.2. The number of halogens is 3. The summed E-state index contributed by atoms with van der Waals surface area (Å²) < 4.78 is 55.1. The van der Waals surface area contributed by atoms with E-state index in [-0.39, 0.29) is 23.3 Å². The van der Waals surface area contributed by atoms with E-state index in [1.807, 2.05) is 42.5 Å². The monoisotopic (exact) mass is 642 g/mol. The predicted molar refractivity (Wildman–Crippen MR) is 172 cm³/mol. The third kappa shape index (κ3) is 8.46. The van der Waals surface area contributed by atoms with Crippen LogP contribution in [0.1, 0.15) is 48.0 Å². The van der Waals surface area contributed by atoms with Crippen LogP contribution in [0.25, 0.3) is 10.8 Å². The van der Waals surface area contributed by atoms with Crippen LogP contribution in [0.5, 0.6) is 23.0 Å². The number of aromatic nitrogens is 1. The zero-order chi connectivity index (χ0) is 33.8. The van der Waals surface area contributed by atoms with E-state index in [1.54, 1.807) is 36.5 Å². The zero-order valence-electron chi connectivity index (χ0n) is 26.2. The number of nitrogens with zero attached hydrogens (tertiary/aromatic N) is 1. The summed E-state index contributed by atoms with van der Waals surface area (Å²) in [6, 6.07) is 25.0. The number of hydrogen-bond acceptors (Lipinski definition) is 6. The minimum Gasteiger partial charge on any atom is -0.467 e. The molecule has 0 aliphatic carbocycles. The van der Waals surface area contributed by atoms with Crippen LogP contribution in [0.4, 0.5) is 13.2 Å². The van der Waals surface area contributed by atoms with Gasteiger partial charge in [-0.15, -0.1) is 0 Å². The van der Waals surface area contributed by atoms with Gasteiger partial charge in [0.1, 0.15) is 34.7 Å². The number of nitrogens with one attached hydrogen (secondary N) is 1. The molecule has 0 fully saturated rings. The number of amides is 1. The van der Waals surface area contributed by atoms with Crippen molar-refractivity contribution in [3.05, 3.63) is 126 Å². The zero-order valence-corrected chi connectivity index (χ0v) is 26.2. The molecule has 5 rings (SSSR count). The molecule has 0 spiro atoms. The molecule has 0 saturated carbocycles. The molecule has 1 heterocycles. The maximum Gasteiger partial charge on any atom is 0.416 e. The second-order valence-corrected chi connectivity index (χ2v) is 12.0. The van der Waals surface area contributed by atoms with Gasteiger partial charge >= 0.3 is 12.1 Å². The number of carbonyl (C=O) groups excluding carboxylic acids is 2. The van der Waals surface area contributed by atoms with Crippen LogP contribution in [0.2, 0.25) is 0 Å². The highest BCUT2D eigenvalue weighted by molar-refractivity contribution is 5.98. The van der Waals surface area contributed by atoms with E-state index in [2.05, 4.69) is 31.1 Å². The minimum atomic E-state index is -4.44. The molecule has 0 aliphatic rings. The van der Waals surface area contributed by atoms with Crippen molar-refractivity contribution in [2.45, 2.75) is 44.8 Å². The highest BCUT2D eigenvalue weighted by Gasteiger charge is 2.30. The summed E-state index contributed by atoms with van der Waals surface area (Å²) >= 11 is 0. The lowest BCUT2D eigenvalue weighted by atomic mass is 9.87. The van der Waals surface area contributed by atoms with E-state index in [0.29, 0.717) is 22.8 Å². The third-order valence-electron chi connectivity index (χ3n) is 7.45. The highest BCUT2D eigenvalue weighted by Crippen LogP contribution is 2.32. The summed E-state index contributed by atoms with van der Waals surface area (Å²) in [4.78, 5) is 30.1. The van der Waals surface area contributed by atoms with Crippen molar-refractivity contribution in [2.75, 3.05) is 7.11 Å². The smallest absolute Gasteiger partial charge is 0.416 e. The summed E-state index contributed by atoms with van der Waals surface area (Å²) in [7, 11) is 1.23. The molecule has 1 N–H and O–H groups in total. The van der Waals surface area contributed by atoms with Crippen LogP contribution in [-0.4, -0.2) is 30.0 Å². The molecule has 4 aromatic carbocycles. The summed E-state index contributed by atoms with van der Waals surface area (Å²) in [5.74, 6) is 0.701. The Kier molecular flexibility index (Phi) is 9.51. The number of alkyl halides is 3. The van der Waals surface area contributed by atoms with Crippen molar-refractivity contribution in [1.82, 2.24) is 10.3 Å². The van der Waals surface area contributed by atoms with Crippen LogP contribution in [0.15, 0.2) is 103 Å². The van der Waals surface area contributed by atoms with Crippen molar-refractivity contribution < 1.29 is 37.0 Å². The van der Waals surface area contributed by atoms with Crippen molar-refractivity contribution >= 4 is 22.6 Å². The van der Waals surface area contributed by atoms with Crippen LogP contribution >= 0.6 is 0 Å². The first-order valence-electron chi connectivity index (χ1n) is 14.8. The van der Waals surface area contributed by atoms with Gasteiger partial charge in [-0.25, -0.2) is 4.79 Å². The Morgan fingerprint density at radius 3 is 1.81 bits per heavy atom. The van der Waals surface area contributed by atoms with E-state index >= 15 is 0 Å². The quantitative estimate of drug-likeness (QED) is 0.162. The Labute approximate surface area is 270 Å². The topological polar surface area (TPSA) is 86.8 Å². The third-order valence-corrected chi connectivity index (χ3v) is 7.45. The second-order valence-electron chi connectivity index (χ2n) is 12.0. The van der Waals surface area contributed by atoms with Crippen molar-refractivity contribution in [3.63, 3.8) is 0 Å². The van der Waals surface area contributed by atoms with E-state index in [4.69, 9.17) is 14.2 Å².